The quantitative estimate of drug-likeness (QED) is 0.508. The van der Waals surface area contributed by atoms with Crippen LogP contribution in [0.2, 0.25) is 0 Å². The third kappa shape index (κ3) is 4.22. The molecule has 0 aliphatic heterocycles. The molecule has 0 saturated heterocycles. The van der Waals surface area contributed by atoms with Crippen molar-refractivity contribution in [2.24, 2.45) is 0 Å². The second-order valence-electron chi connectivity index (χ2n) is 1.77. The molecular weight excluding hydrogens is 286 g/mol. The second kappa shape index (κ2) is 5.71. The van der Waals surface area contributed by atoms with Gasteiger partial charge >= 0.3 is 36.1 Å². The monoisotopic (exact) mass is 288 g/mol. The summed E-state index contributed by atoms with van der Waals surface area (Å²) in [6.45, 7) is 0. The zero-order valence-electron chi connectivity index (χ0n) is 6.03. The van der Waals surface area contributed by atoms with Crippen molar-refractivity contribution in [2.75, 3.05) is 0 Å². The Labute approximate surface area is 85.2 Å². The van der Waals surface area contributed by atoms with Crippen LogP contribution in [0.3, 0.4) is 0 Å². The molecule has 0 N–H and O–H groups in total. The molecule has 1 rings (SSSR count). The van der Waals surface area contributed by atoms with Gasteiger partial charge in [0.1, 0.15) is 0 Å². The first kappa shape index (κ1) is 12.1. The summed E-state index contributed by atoms with van der Waals surface area (Å²) in [4.78, 5) is 0. The summed E-state index contributed by atoms with van der Waals surface area (Å²) in [7, 11) is 0. The molecule has 0 nitrogen and oxygen atoms in total. The second-order valence-corrected chi connectivity index (χ2v) is 1.77. The molecule has 1 aromatic rings. The van der Waals surface area contributed by atoms with Gasteiger partial charge < -0.3 is 0 Å². The Hall–Kier alpha value is 0.113. The zero-order chi connectivity index (χ0) is 9.61. The minimum absolute atomic E-state index is 0.727. The van der Waals surface area contributed by atoms with Crippen LogP contribution in [0.15, 0.2) is 24.3 Å². The van der Waals surface area contributed by atoms with Crippen LogP contribution in [0, 0.1) is 6.07 Å². The summed E-state index contributed by atoms with van der Waals surface area (Å²) < 4.78 is 35.3. The predicted molar refractivity (Wildman–Crippen MR) is 39.2 cm³/mol. The van der Waals surface area contributed by atoms with E-state index in [2.05, 4.69) is 19.7 Å². The van der Waals surface area contributed by atoms with Crippen LogP contribution >= 0.6 is 13.6 Å². The molecule has 0 saturated carbocycles. The van der Waals surface area contributed by atoms with Crippen molar-refractivity contribution in [1.29, 1.82) is 0 Å². The van der Waals surface area contributed by atoms with E-state index in [1.165, 1.54) is 34.5 Å². The third-order valence-electron chi connectivity index (χ3n) is 1.01. The number of hydrogen-bond donors (Lipinski definition) is 0. The van der Waals surface area contributed by atoms with Crippen LogP contribution in [0.5, 0.6) is 0 Å². The van der Waals surface area contributed by atoms with Crippen molar-refractivity contribution >= 4 is 13.6 Å². The molecule has 62 valence electrons. The van der Waals surface area contributed by atoms with Crippen LogP contribution in [-0.4, -0.2) is 0 Å². The van der Waals surface area contributed by atoms with Crippen molar-refractivity contribution in [3.8, 4) is 0 Å². The summed E-state index contributed by atoms with van der Waals surface area (Å²) in [5, 5.41) is 0. The molecule has 5 heteroatoms. The zero-order valence-corrected chi connectivity index (χ0v) is 10.6. The van der Waals surface area contributed by atoms with E-state index in [4.69, 9.17) is 0 Å². The van der Waals surface area contributed by atoms with E-state index in [0.717, 1.165) is 6.07 Å². The van der Waals surface area contributed by atoms with Crippen molar-refractivity contribution in [3.63, 3.8) is 0 Å². The van der Waals surface area contributed by atoms with Gasteiger partial charge in [0.05, 0.1) is 0 Å². The van der Waals surface area contributed by atoms with Crippen LogP contribution < -0.4 is 0 Å². The van der Waals surface area contributed by atoms with Gasteiger partial charge in [0.15, 0.2) is 0 Å². The van der Waals surface area contributed by atoms with Crippen LogP contribution in [0.4, 0.5) is 13.2 Å². The summed E-state index contributed by atoms with van der Waals surface area (Å²) in [6.07, 6.45) is -4.26. The molecule has 12 heavy (non-hydrogen) atoms. The fraction of sp³-hybridized carbons (Fsp3) is 0.143. The van der Waals surface area contributed by atoms with Gasteiger partial charge in [0.25, 0.3) is 0 Å². The van der Waals surface area contributed by atoms with E-state index < -0.39 is 11.7 Å². The molecule has 0 aliphatic carbocycles. The van der Waals surface area contributed by atoms with Gasteiger partial charge in [-0.2, -0.15) is 43.5 Å². The minimum atomic E-state index is -4.26. The SMILES string of the molecule is FC(F)(F)c1[c-]cccc1.[Zn+][Br]. The maximum atomic E-state index is 11.8. The van der Waals surface area contributed by atoms with E-state index >= 15 is 0 Å². The third-order valence-corrected chi connectivity index (χ3v) is 1.01. The van der Waals surface area contributed by atoms with Crippen LogP contribution in [0.1, 0.15) is 5.56 Å². The molecule has 0 bridgehead atoms. The van der Waals surface area contributed by atoms with E-state index in [0.29, 0.717) is 0 Å². The van der Waals surface area contributed by atoms with Gasteiger partial charge in [-0.05, 0) is 0 Å². The Bertz CT molecular complexity index is 210. The maximum absolute atomic E-state index is 11.8. The number of halogens is 4. The van der Waals surface area contributed by atoms with Crippen molar-refractivity contribution in [3.05, 3.63) is 35.9 Å². The Morgan fingerprint density at radius 3 is 2.08 bits per heavy atom. The molecule has 0 spiro atoms. The van der Waals surface area contributed by atoms with Gasteiger partial charge in [-0.1, -0.05) is 5.56 Å². The normalized spacial score (nSPS) is 10.2. The molecular formula is C7H4BrF3Zn. The first-order chi connectivity index (χ1) is 5.61. The molecule has 1 aromatic carbocycles. The Morgan fingerprint density at radius 2 is 1.83 bits per heavy atom. The molecule has 0 atom stereocenters. The van der Waals surface area contributed by atoms with E-state index in [1.807, 2.05) is 0 Å². The van der Waals surface area contributed by atoms with Gasteiger partial charge in [-0.3, -0.25) is 0 Å². The van der Waals surface area contributed by atoms with Crippen molar-refractivity contribution < 1.29 is 29.5 Å². The van der Waals surface area contributed by atoms with Crippen LogP contribution in [-0.2, 0) is 22.5 Å². The van der Waals surface area contributed by atoms with Gasteiger partial charge in [-0.25, -0.2) is 0 Å². The van der Waals surface area contributed by atoms with Gasteiger partial charge in [0, 0.05) is 0 Å². The molecule has 0 amide bonds. The van der Waals surface area contributed by atoms with Gasteiger partial charge in [-0.15, -0.1) is 0 Å². The Morgan fingerprint density at radius 1 is 1.25 bits per heavy atom. The molecule has 0 heterocycles. The summed E-state index contributed by atoms with van der Waals surface area (Å²) in [6, 6.07) is 7.14. The Kier molecular flexibility index (Phi) is 5.76. The standard InChI is InChI=1S/C7H4F3.BrH.Zn/c8-7(9,10)6-4-2-1-3-5-6;;/h1-4H;1H;/q-1;;+2/p-1. The van der Waals surface area contributed by atoms with E-state index in [-0.39, 0.29) is 0 Å². The summed E-state index contributed by atoms with van der Waals surface area (Å²) in [5.41, 5.74) is -0.727. The Balaban J connectivity index is 0.000000561. The summed E-state index contributed by atoms with van der Waals surface area (Å²) >= 11 is 4.25. The molecule has 0 unspecified atom stereocenters. The first-order valence-electron chi connectivity index (χ1n) is 2.91. The molecule has 0 radical (unpaired) electrons. The van der Waals surface area contributed by atoms with Crippen molar-refractivity contribution in [1.82, 2.24) is 0 Å². The summed E-state index contributed by atoms with van der Waals surface area (Å²) in [5.74, 6) is 0. The van der Waals surface area contributed by atoms with Crippen molar-refractivity contribution in [2.45, 2.75) is 6.18 Å². The van der Waals surface area contributed by atoms with E-state index in [9.17, 15) is 13.2 Å². The molecule has 0 fully saturated rings. The predicted octanol–water partition coefficient (Wildman–Crippen LogP) is 3.35. The average molecular weight is 290 g/mol. The molecule has 0 aromatic heterocycles. The van der Waals surface area contributed by atoms with Gasteiger partial charge in [0.2, 0.25) is 0 Å². The number of hydrogen-bond acceptors (Lipinski definition) is 0. The average Bonchev–Trinajstić information content (AvgIpc) is 2.08. The topological polar surface area (TPSA) is 0 Å². The fourth-order valence-electron chi connectivity index (χ4n) is 0.570. The number of benzene rings is 1. The fourth-order valence-corrected chi connectivity index (χ4v) is 0.570. The number of rotatable bonds is 0. The molecule has 0 aliphatic rings. The van der Waals surface area contributed by atoms with Crippen LogP contribution in [0.25, 0.3) is 0 Å². The first-order valence-corrected chi connectivity index (χ1v) is 9.86. The number of alkyl halides is 3. The van der Waals surface area contributed by atoms with E-state index in [1.54, 1.807) is 0 Å².